The smallest absolute Gasteiger partial charge is 0.0315 e. The van der Waals surface area contributed by atoms with Crippen molar-refractivity contribution < 1.29 is 0 Å². The van der Waals surface area contributed by atoms with Crippen molar-refractivity contribution in [2.45, 2.75) is 25.9 Å². The lowest BCUT2D eigenvalue weighted by atomic mass is 10.1. The van der Waals surface area contributed by atoms with Crippen LogP contribution in [0.5, 0.6) is 0 Å². The molecule has 0 spiro atoms. The average molecular weight is 260 g/mol. The predicted octanol–water partition coefficient (Wildman–Crippen LogP) is 0.870. The second kappa shape index (κ2) is 5.99. The Morgan fingerprint density at radius 3 is 2.84 bits per heavy atom. The van der Waals surface area contributed by atoms with Crippen molar-refractivity contribution in [2.75, 3.05) is 39.3 Å². The summed E-state index contributed by atoms with van der Waals surface area (Å²) in [6.45, 7) is 10.4. The van der Waals surface area contributed by atoms with E-state index in [2.05, 4.69) is 33.1 Å². The topological polar surface area (TPSA) is 31.4 Å². The minimum absolute atomic E-state index is 0.780. The maximum atomic E-state index is 4.24. The van der Waals surface area contributed by atoms with Crippen LogP contribution in [0.15, 0.2) is 18.5 Å². The van der Waals surface area contributed by atoms with Gasteiger partial charge in [0.15, 0.2) is 0 Å². The Bertz CT molecular complexity index is 406. The fourth-order valence-corrected chi connectivity index (χ4v) is 3.14. The number of nitrogens with zero attached hydrogens (tertiary/aromatic N) is 3. The third kappa shape index (κ3) is 3.14. The summed E-state index contributed by atoms with van der Waals surface area (Å²) >= 11 is 0. The van der Waals surface area contributed by atoms with Crippen LogP contribution in [0, 0.1) is 6.92 Å². The number of aromatic nitrogens is 1. The minimum Gasteiger partial charge on any atom is -0.315 e. The maximum Gasteiger partial charge on any atom is 0.0315 e. The van der Waals surface area contributed by atoms with Crippen LogP contribution >= 0.6 is 0 Å². The summed E-state index contributed by atoms with van der Waals surface area (Å²) in [6, 6.07) is 2.89. The third-order valence-corrected chi connectivity index (χ3v) is 4.50. The van der Waals surface area contributed by atoms with Gasteiger partial charge in [-0.1, -0.05) is 0 Å². The van der Waals surface area contributed by atoms with Crippen LogP contribution < -0.4 is 5.32 Å². The second-order valence-electron chi connectivity index (χ2n) is 5.76. The lowest BCUT2D eigenvalue weighted by Crippen LogP contribution is -2.50. The maximum absolute atomic E-state index is 4.24. The fourth-order valence-electron chi connectivity index (χ4n) is 3.14. The molecule has 0 saturated carbocycles. The minimum atomic E-state index is 0.780. The van der Waals surface area contributed by atoms with Gasteiger partial charge in [-0.15, -0.1) is 0 Å². The van der Waals surface area contributed by atoms with Crippen LogP contribution in [0.3, 0.4) is 0 Å². The Hall–Kier alpha value is -0.970. The molecule has 1 aromatic heterocycles. The van der Waals surface area contributed by atoms with Gasteiger partial charge >= 0.3 is 0 Å². The SMILES string of the molecule is Cc1ccncc1CN1CCN(C2CCNC2)CC1. The zero-order valence-electron chi connectivity index (χ0n) is 11.8. The van der Waals surface area contributed by atoms with Gasteiger partial charge in [-0.25, -0.2) is 0 Å². The normalized spacial score (nSPS) is 25.8. The molecule has 3 heterocycles. The third-order valence-electron chi connectivity index (χ3n) is 4.50. The highest BCUT2D eigenvalue weighted by atomic mass is 15.3. The van der Waals surface area contributed by atoms with Crippen molar-refractivity contribution >= 4 is 0 Å². The molecule has 0 amide bonds. The molecular weight excluding hydrogens is 236 g/mol. The summed E-state index contributed by atoms with van der Waals surface area (Å²) in [6.07, 6.45) is 5.22. The van der Waals surface area contributed by atoms with Crippen molar-refractivity contribution in [3.63, 3.8) is 0 Å². The number of nitrogens with one attached hydrogen (secondary N) is 1. The molecule has 1 N–H and O–H groups in total. The van der Waals surface area contributed by atoms with Crippen LogP contribution in [0.25, 0.3) is 0 Å². The van der Waals surface area contributed by atoms with Crippen molar-refractivity contribution in [3.05, 3.63) is 29.6 Å². The van der Waals surface area contributed by atoms with Crippen LogP contribution in [0.1, 0.15) is 17.5 Å². The first-order chi connectivity index (χ1) is 9.33. The zero-order valence-corrected chi connectivity index (χ0v) is 11.8. The summed E-state index contributed by atoms with van der Waals surface area (Å²) in [5.41, 5.74) is 2.73. The van der Waals surface area contributed by atoms with Gasteiger partial charge < -0.3 is 5.32 Å². The van der Waals surface area contributed by atoms with Gasteiger partial charge in [0, 0.05) is 57.7 Å². The summed E-state index contributed by atoms with van der Waals surface area (Å²) < 4.78 is 0. The molecule has 2 saturated heterocycles. The van der Waals surface area contributed by atoms with E-state index in [4.69, 9.17) is 0 Å². The monoisotopic (exact) mass is 260 g/mol. The largest absolute Gasteiger partial charge is 0.315 e. The van der Waals surface area contributed by atoms with Gasteiger partial charge in [-0.2, -0.15) is 0 Å². The van der Waals surface area contributed by atoms with Gasteiger partial charge in [0.2, 0.25) is 0 Å². The van der Waals surface area contributed by atoms with E-state index in [1.54, 1.807) is 0 Å². The van der Waals surface area contributed by atoms with Gasteiger partial charge in [-0.05, 0) is 37.1 Å². The molecule has 0 bridgehead atoms. The zero-order chi connectivity index (χ0) is 13.1. The highest BCUT2D eigenvalue weighted by Gasteiger charge is 2.25. The highest BCUT2D eigenvalue weighted by molar-refractivity contribution is 5.21. The molecule has 0 aromatic carbocycles. The number of hydrogen-bond donors (Lipinski definition) is 1. The fraction of sp³-hybridized carbons (Fsp3) is 0.667. The molecule has 1 unspecified atom stereocenters. The molecule has 2 fully saturated rings. The summed E-state index contributed by atoms with van der Waals surface area (Å²) in [5.74, 6) is 0. The lowest BCUT2D eigenvalue weighted by Gasteiger charge is -2.37. The van der Waals surface area contributed by atoms with Crippen molar-refractivity contribution in [1.29, 1.82) is 0 Å². The molecule has 2 aliphatic rings. The van der Waals surface area contributed by atoms with E-state index in [-0.39, 0.29) is 0 Å². The van der Waals surface area contributed by atoms with Crippen molar-refractivity contribution in [1.82, 2.24) is 20.1 Å². The number of aryl methyl sites for hydroxylation is 1. The number of hydrogen-bond acceptors (Lipinski definition) is 4. The van der Waals surface area contributed by atoms with Crippen molar-refractivity contribution in [2.24, 2.45) is 0 Å². The van der Waals surface area contributed by atoms with Gasteiger partial charge in [0.1, 0.15) is 0 Å². The molecule has 104 valence electrons. The van der Waals surface area contributed by atoms with Crippen LogP contribution in [0.2, 0.25) is 0 Å². The van der Waals surface area contributed by atoms with Gasteiger partial charge in [-0.3, -0.25) is 14.8 Å². The van der Waals surface area contributed by atoms with E-state index >= 15 is 0 Å². The molecule has 0 radical (unpaired) electrons. The van der Waals surface area contributed by atoms with Crippen LogP contribution in [-0.2, 0) is 6.54 Å². The lowest BCUT2D eigenvalue weighted by molar-refractivity contribution is 0.0979. The summed E-state index contributed by atoms with van der Waals surface area (Å²) in [4.78, 5) is 9.46. The van der Waals surface area contributed by atoms with E-state index in [0.29, 0.717) is 0 Å². The molecule has 1 atom stereocenters. The van der Waals surface area contributed by atoms with E-state index in [1.165, 1.54) is 56.8 Å². The quantitative estimate of drug-likeness (QED) is 0.874. The Morgan fingerprint density at radius 2 is 2.16 bits per heavy atom. The molecule has 3 rings (SSSR count). The number of rotatable bonds is 3. The molecule has 4 heteroatoms. The van der Waals surface area contributed by atoms with E-state index in [0.717, 1.165) is 12.6 Å². The average Bonchev–Trinajstić information content (AvgIpc) is 2.96. The Balaban J connectivity index is 1.51. The number of pyridine rings is 1. The van der Waals surface area contributed by atoms with E-state index in [9.17, 15) is 0 Å². The Morgan fingerprint density at radius 1 is 1.32 bits per heavy atom. The molecule has 19 heavy (non-hydrogen) atoms. The summed E-state index contributed by atoms with van der Waals surface area (Å²) in [7, 11) is 0. The second-order valence-corrected chi connectivity index (χ2v) is 5.76. The first kappa shape index (κ1) is 13.0. The van der Waals surface area contributed by atoms with Crippen molar-refractivity contribution in [3.8, 4) is 0 Å². The first-order valence-corrected chi connectivity index (χ1v) is 7.39. The van der Waals surface area contributed by atoms with Crippen LogP contribution in [-0.4, -0.2) is 60.1 Å². The van der Waals surface area contributed by atoms with Gasteiger partial charge in [0.05, 0.1) is 0 Å². The van der Waals surface area contributed by atoms with E-state index in [1.807, 2.05) is 12.4 Å². The Kier molecular flexibility index (Phi) is 4.11. The van der Waals surface area contributed by atoms with Gasteiger partial charge in [0.25, 0.3) is 0 Å². The number of piperazine rings is 1. The highest BCUT2D eigenvalue weighted by Crippen LogP contribution is 2.15. The molecule has 1 aromatic rings. The molecule has 2 aliphatic heterocycles. The predicted molar refractivity (Wildman–Crippen MR) is 77.1 cm³/mol. The van der Waals surface area contributed by atoms with E-state index < -0.39 is 0 Å². The molecular formula is C15H24N4. The Labute approximate surface area is 115 Å². The summed E-state index contributed by atoms with van der Waals surface area (Å²) in [5, 5.41) is 3.46. The standard InChI is InChI=1S/C15H24N4/c1-13-2-4-16-10-14(13)12-18-6-8-19(9-7-18)15-3-5-17-11-15/h2,4,10,15,17H,3,5-9,11-12H2,1H3. The molecule has 4 nitrogen and oxygen atoms in total. The first-order valence-electron chi connectivity index (χ1n) is 7.39. The molecule has 0 aliphatic carbocycles. The van der Waals surface area contributed by atoms with Crippen LogP contribution in [0.4, 0.5) is 0 Å².